The van der Waals surface area contributed by atoms with Crippen LogP contribution >= 0.6 is 0 Å². The van der Waals surface area contributed by atoms with Gasteiger partial charge in [0.15, 0.2) is 0 Å². The number of benzene rings is 1. The van der Waals surface area contributed by atoms with Crippen LogP contribution in [-0.2, 0) is 0 Å². The van der Waals surface area contributed by atoms with Crippen LogP contribution < -0.4 is 10.1 Å². The van der Waals surface area contributed by atoms with E-state index in [1.165, 1.54) is 0 Å². The molecule has 0 fully saturated rings. The van der Waals surface area contributed by atoms with Gasteiger partial charge in [0, 0.05) is 12.6 Å². The maximum atomic E-state index is 9.08. The number of ether oxygens (including phenoxy) is 1. The van der Waals surface area contributed by atoms with E-state index in [9.17, 15) is 0 Å². The lowest BCUT2D eigenvalue weighted by molar-refractivity contribution is 0.178. The van der Waals surface area contributed by atoms with Crippen molar-refractivity contribution in [1.82, 2.24) is 5.32 Å². The summed E-state index contributed by atoms with van der Waals surface area (Å²) in [5, 5.41) is 12.3. The maximum absolute atomic E-state index is 9.08. The summed E-state index contributed by atoms with van der Waals surface area (Å²) < 4.78 is 5.56. The van der Waals surface area contributed by atoms with E-state index in [4.69, 9.17) is 9.84 Å². The molecule has 2 atom stereocenters. The Morgan fingerprint density at radius 1 is 1.27 bits per heavy atom. The zero-order valence-corrected chi connectivity index (χ0v) is 9.31. The number of hydrogen-bond acceptors (Lipinski definition) is 3. The number of aliphatic hydroxyl groups excluding tert-OH is 1. The molecule has 1 rings (SSSR count). The normalized spacial score (nSPS) is 14.6. The van der Waals surface area contributed by atoms with Crippen LogP contribution in [0.3, 0.4) is 0 Å². The summed E-state index contributed by atoms with van der Waals surface area (Å²) in [5.74, 6) is 0.878. The average molecular weight is 209 g/mol. The van der Waals surface area contributed by atoms with Crippen molar-refractivity contribution in [2.24, 2.45) is 0 Å². The predicted molar refractivity (Wildman–Crippen MR) is 61.1 cm³/mol. The SMILES string of the molecule is CC(O)CNC(C)COc1ccccc1. The molecule has 0 saturated heterocycles. The molecule has 15 heavy (non-hydrogen) atoms. The van der Waals surface area contributed by atoms with Crippen LogP contribution in [0.2, 0.25) is 0 Å². The van der Waals surface area contributed by atoms with E-state index in [0.29, 0.717) is 13.2 Å². The minimum Gasteiger partial charge on any atom is -0.492 e. The van der Waals surface area contributed by atoms with E-state index in [1.54, 1.807) is 6.92 Å². The Labute approximate surface area is 91.1 Å². The Hall–Kier alpha value is -1.06. The fourth-order valence-electron chi connectivity index (χ4n) is 1.17. The van der Waals surface area contributed by atoms with Crippen LogP contribution in [0.25, 0.3) is 0 Å². The van der Waals surface area contributed by atoms with Crippen molar-refractivity contribution < 1.29 is 9.84 Å². The highest BCUT2D eigenvalue weighted by molar-refractivity contribution is 5.20. The minimum atomic E-state index is -0.316. The summed E-state index contributed by atoms with van der Waals surface area (Å²) in [5.41, 5.74) is 0. The third-order valence-corrected chi connectivity index (χ3v) is 2.00. The summed E-state index contributed by atoms with van der Waals surface area (Å²) >= 11 is 0. The molecule has 0 heterocycles. The van der Waals surface area contributed by atoms with Crippen LogP contribution in [0, 0.1) is 0 Å². The van der Waals surface area contributed by atoms with Gasteiger partial charge in [-0.2, -0.15) is 0 Å². The van der Waals surface area contributed by atoms with E-state index in [1.807, 2.05) is 37.3 Å². The molecule has 0 radical (unpaired) electrons. The van der Waals surface area contributed by atoms with Gasteiger partial charge in [0.2, 0.25) is 0 Å². The summed E-state index contributed by atoms with van der Waals surface area (Å²) in [4.78, 5) is 0. The molecule has 1 aromatic rings. The lowest BCUT2D eigenvalue weighted by atomic mass is 10.3. The zero-order chi connectivity index (χ0) is 11.1. The number of hydrogen-bond donors (Lipinski definition) is 2. The molecule has 3 heteroatoms. The van der Waals surface area contributed by atoms with Crippen molar-refractivity contribution in [1.29, 1.82) is 0 Å². The molecule has 2 N–H and O–H groups in total. The second-order valence-corrected chi connectivity index (χ2v) is 3.78. The van der Waals surface area contributed by atoms with Crippen molar-refractivity contribution in [2.45, 2.75) is 26.0 Å². The summed E-state index contributed by atoms with van der Waals surface area (Å²) in [6.45, 7) is 5.00. The highest BCUT2D eigenvalue weighted by Crippen LogP contribution is 2.08. The number of para-hydroxylation sites is 1. The Balaban J connectivity index is 2.19. The average Bonchev–Trinajstić information content (AvgIpc) is 2.25. The standard InChI is InChI=1S/C12H19NO2/c1-10(13-8-11(2)14)9-15-12-6-4-3-5-7-12/h3-7,10-11,13-14H,8-9H2,1-2H3. The molecule has 3 nitrogen and oxygen atoms in total. The highest BCUT2D eigenvalue weighted by Gasteiger charge is 2.03. The Morgan fingerprint density at radius 2 is 1.93 bits per heavy atom. The first kappa shape index (κ1) is 12.0. The van der Waals surface area contributed by atoms with Crippen molar-refractivity contribution in [2.75, 3.05) is 13.2 Å². The number of rotatable bonds is 6. The zero-order valence-electron chi connectivity index (χ0n) is 9.31. The molecule has 0 amide bonds. The van der Waals surface area contributed by atoms with Crippen molar-refractivity contribution >= 4 is 0 Å². The summed E-state index contributed by atoms with van der Waals surface area (Å²) in [7, 11) is 0. The first-order valence-corrected chi connectivity index (χ1v) is 5.28. The molecule has 0 saturated carbocycles. The van der Waals surface area contributed by atoms with Gasteiger partial charge in [-0.3, -0.25) is 0 Å². The Kier molecular flexibility index (Phi) is 5.15. The molecular formula is C12H19NO2. The van der Waals surface area contributed by atoms with Crippen LogP contribution in [0.1, 0.15) is 13.8 Å². The first-order chi connectivity index (χ1) is 7.18. The van der Waals surface area contributed by atoms with Crippen LogP contribution in [0.5, 0.6) is 5.75 Å². The first-order valence-electron chi connectivity index (χ1n) is 5.28. The molecule has 0 bridgehead atoms. The summed E-state index contributed by atoms with van der Waals surface area (Å²) in [6.07, 6.45) is -0.316. The Morgan fingerprint density at radius 3 is 2.53 bits per heavy atom. The predicted octanol–water partition coefficient (Wildman–Crippen LogP) is 1.42. The quantitative estimate of drug-likeness (QED) is 0.744. The van der Waals surface area contributed by atoms with Crippen molar-refractivity contribution in [3.05, 3.63) is 30.3 Å². The molecule has 84 valence electrons. The molecule has 0 spiro atoms. The molecule has 0 aliphatic carbocycles. The van der Waals surface area contributed by atoms with Crippen LogP contribution in [-0.4, -0.2) is 30.4 Å². The third kappa shape index (κ3) is 5.40. The van der Waals surface area contributed by atoms with E-state index in [2.05, 4.69) is 5.32 Å². The largest absolute Gasteiger partial charge is 0.492 e. The van der Waals surface area contributed by atoms with Crippen molar-refractivity contribution in [3.8, 4) is 5.75 Å². The maximum Gasteiger partial charge on any atom is 0.119 e. The van der Waals surface area contributed by atoms with Gasteiger partial charge >= 0.3 is 0 Å². The molecule has 2 unspecified atom stereocenters. The van der Waals surface area contributed by atoms with Crippen LogP contribution in [0.15, 0.2) is 30.3 Å². The molecular weight excluding hydrogens is 190 g/mol. The number of nitrogens with one attached hydrogen (secondary N) is 1. The van der Waals surface area contributed by atoms with E-state index >= 15 is 0 Å². The van der Waals surface area contributed by atoms with Gasteiger partial charge in [-0.15, -0.1) is 0 Å². The lowest BCUT2D eigenvalue weighted by Gasteiger charge is -2.15. The fraction of sp³-hybridized carbons (Fsp3) is 0.500. The van der Waals surface area contributed by atoms with Gasteiger partial charge < -0.3 is 15.2 Å². The van der Waals surface area contributed by atoms with E-state index in [0.717, 1.165) is 5.75 Å². The third-order valence-electron chi connectivity index (χ3n) is 2.00. The van der Waals surface area contributed by atoms with Gasteiger partial charge in [0.1, 0.15) is 12.4 Å². The van der Waals surface area contributed by atoms with Gasteiger partial charge in [0.05, 0.1) is 6.10 Å². The smallest absolute Gasteiger partial charge is 0.119 e. The topological polar surface area (TPSA) is 41.5 Å². The fourth-order valence-corrected chi connectivity index (χ4v) is 1.17. The van der Waals surface area contributed by atoms with Gasteiger partial charge in [-0.05, 0) is 26.0 Å². The van der Waals surface area contributed by atoms with Crippen LogP contribution in [0.4, 0.5) is 0 Å². The molecule has 0 aliphatic rings. The second kappa shape index (κ2) is 6.43. The lowest BCUT2D eigenvalue weighted by Crippen LogP contribution is -2.36. The van der Waals surface area contributed by atoms with E-state index in [-0.39, 0.29) is 12.1 Å². The second-order valence-electron chi connectivity index (χ2n) is 3.78. The van der Waals surface area contributed by atoms with Gasteiger partial charge in [-0.1, -0.05) is 18.2 Å². The van der Waals surface area contributed by atoms with Crippen molar-refractivity contribution in [3.63, 3.8) is 0 Å². The Bertz CT molecular complexity index is 262. The molecule has 1 aromatic carbocycles. The monoisotopic (exact) mass is 209 g/mol. The van der Waals surface area contributed by atoms with Gasteiger partial charge in [-0.25, -0.2) is 0 Å². The highest BCUT2D eigenvalue weighted by atomic mass is 16.5. The summed E-state index contributed by atoms with van der Waals surface area (Å²) in [6, 6.07) is 9.96. The molecule has 0 aliphatic heterocycles. The minimum absolute atomic E-state index is 0.236. The van der Waals surface area contributed by atoms with Gasteiger partial charge in [0.25, 0.3) is 0 Å². The number of aliphatic hydroxyl groups is 1. The van der Waals surface area contributed by atoms with E-state index < -0.39 is 0 Å². The molecule has 0 aromatic heterocycles.